The standard InChI is InChI=1S/C22H29N3.ClH/c1-18-7-5-10-21(17-18)24-15-13-23(14-16-24)19(2)25-12-6-9-20-8-3-4-11-22(20)25;/h3-5,7-8,10-11,17,19H,6,9,12-16H2,1-2H3;1H. The number of para-hydroxylation sites is 1. The number of nitrogens with zero attached hydrogens (tertiary/aromatic N) is 3. The monoisotopic (exact) mass is 371 g/mol. The Balaban J connectivity index is 0.00000196. The van der Waals surface area contributed by atoms with Crippen LogP contribution >= 0.6 is 12.4 Å². The highest BCUT2D eigenvalue weighted by atomic mass is 35.5. The summed E-state index contributed by atoms with van der Waals surface area (Å²) in [5, 5.41) is 0. The fourth-order valence-corrected chi connectivity index (χ4v) is 4.33. The summed E-state index contributed by atoms with van der Waals surface area (Å²) in [7, 11) is 0. The van der Waals surface area contributed by atoms with Gasteiger partial charge in [0.1, 0.15) is 0 Å². The van der Waals surface area contributed by atoms with Crippen LogP contribution in [-0.4, -0.2) is 43.8 Å². The highest BCUT2D eigenvalue weighted by Gasteiger charge is 2.28. The van der Waals surface area contributed by atoms with Crippen LogP contribution in [0.1, 0.15) is 24.5 Å². The van der Waals surface area contributed by atoms with E-state index in [1.807, 2.05) is 0 Å². The van der Waals surface area contributed by atoms with Crippen molar-refractivity contribution in [2.75, 3.05) is 42.5 Å². The van der Waals surface area contributed by atoms with Crippen LogP contribution < -0.4 is 9.80 Å². The Bertz CT molecular complexity index is 725. The van der Waals surface area contributed by atoms with Crippen LogP contribution in [-0.2, 0) is 6.42 Å². The van der Waals surface area contributed by atoms with Crippen molar-refractivity contribution in [2.45, 2.75) is 32.9 Å². The number of benzene rings is 2. The van der Waals surface area contributed by atoms with Gasteiger partial charge in [0.2, 0.25) is 0 Å². The minimum atomic E-state index is 0. The van der Waals surface area contributed by atoms with Gasteiger partial charge in [-0.1, -0.05) is 30.3 Å². The molecule has 3 nitrogen and oxygen atoms in total. The maximum atomic E-state index is 2.65. The van der Waals surface area contributed by atoms with Crippen LogP contribution in [0, 0.1) is 6.92 Å². The molecule has 2 aromatic carbocycles. The van der Waals surface area contributed by atoms with Crippen LogP contribution in [0.25, 0.3) is 0 Å². The molecule has 1 atom stereocenters. The molecule has 26 heavy (non-hydrogen) atoms. The zero-order valence-corrected chi connectivity index (χ0v) is 16.7. The van der Waals surface area contributed by atoms with Gasteiger partial charge in [0.25, 0.3) is 0 Å². The third kappa shape index (κ3) is 3.84. The lowest BCUT2D eigenvalue weighted by molar-refractivity contribution is 0.189. The maximum Gasteiger partial charge on any atom is 0.0793 e. The van der Waals surface area contributed by atoms with Gasteiger partial charge in [-0.3, -0.25) is 4.90 Å². The molecular formula is C22H30ClN3. The molecule has 1 unspecified atom stereocenters. The molecule has 2 heterocycles. The molecule has 2 aromatic rings. The van der Waals surface area contributed by atoms with Crippen molar-refractivity contribution in [1.29, 1.82) is 0 Å². The number of hydrogen-bond acceptors (Lipinski definition) is 3. The minimum absolute atomic E-state index is 0. The number of aryl methyl sites for hydroxylation is 2. The van der Waals surface area contributed by atoms with E-state index < -0.39 is 0 Å². The fourth-order valence-electron chi connectivity index (χ4n) is 4.33. The maximum absolute atomic E-state index is 2.65. The summed E-state index contributed by atoms with van der Waals surface area (Å²) < 4.78 is 0. The predicted molar refractivity (Wildman–Crippen MR) is 114 cm³/mol. The van der Waals surface area contributed by atoms with Crippen LogP contribution in [0.5, 0.6) is 0 Å². The molecule has 1 saturated heterocycles. The molecule has 0 radical (unpaired) electrons. The molecule has 4 heteroatoms. The third-order valence-electron chi connectivity index (χ3n) is 5.81. The fraction of sp³-hybridized carbons (Fsp3) is 0.455. The summed E-state index contributed by atoms with van der Waals surface area (Å²) in [6.45, 7) is 10.2. The number of anilines is 2. The van der Waals surface area contributed by atoms with Gasteiger partial charge in [-0.25, -0.2) is 0 Å². The highest BCUT2D eigenvalue weighted by molar-refractivity contribution is 5.85. The van der Waals surface area contributed by atoms with Gasteiger partial charge in [0.05, 0.1) is 6.17 Å². The van der Waals surface area contributed by atoms with Gasteiger partial charge < -0.3 is 9.80 Å². The van der Waals surface area contributed by atoms with E-state index in [-0.39, 0.29) is 12.4 Å². The van der Waals surface area contributed by atoms with Crippen molar-refractivity contribution in [3.8, 4) is 0 Å². The summed E-state index contributed by atoms with van der Waals surface area (Å²) in [6.07, 6.45) is 2.96. The second-order valence-electron chi connectivity index (χ2n) is 7.42. The summed E-state index contributed by atoms with van der Waals surface area (Å²) in [5.74, 6) is 0. The van der Waals surface area contributed by atoms with Crippen molar-refractivity contribution < 1.29 is 0 Å². The molecule has 0 N–H and O–H groups in total. The number of halogens is 1. The van der Waals surface area contributed by atoms with Gasteiger partial charge in [-0.2, -0.15) is 0 Å². The first-order chi connectivity index (χ1) is 12.2. The van der Waals surface area contributed by atoms with Crippen molar-refractivity contribution in [1.82, 2.24) is 4.90 Å². The Hall–Kier alpha value is -1.71. The lowest BCUT2D eigenvalue weighted by Gasteiger charge is -2.45. The molecule has 0 spiro atoms. The van der Waals surface area contributed by atoms with Gasteiger partial charge in [-0.15, -0.1) is 12.4 Å². The quantitative estimate of drug-likeness (QED) is 0.794. The SMILES string of the molecule is Cc1cccc(N2CCN(C(C)N3CCCc4ccccc43)CC2)c1.Cl. The van der Waals surface area contributed by atoms with Crippen molar-refractivity contribution in [2.24, 2.45) is 0 Å². The number of rotatable bonds is 3. The second kappa shape index (κ2) is 8.32. The first-order valence-electron chi connectivity index (χ1n) is 9.62. The zero-order valence-electron chi connectivity index (χ0n) is 15.9. The molecule has 1 fully saturated rings. The Labute approximate surface area is 164 Å². The Morgan fingerprint density at radius 3 is 2.42 bits per heavy atom. The Morgan fingerprint density at radius 1 is 0.885 bits per heavy atom. The Morgan fingerprint density at radius 2 is 1.65 bits per heavy atom. The highest BCUT2D eigenvalue weighted by Crippen LogP contribution is 2.30. The molecule has 4 rings (SSSR count). The number of hydrogen-bond donors (Lipinski definition) is 0. The zero-order chi connectivity index (χ0) is 17.2. The first kappa shape index (κ1) is 19.1. The minimum Gasteiger partial charge on any atom is -0.369 e. The molecular weight excluding hydrogens is 342 g/mol. The van der Waals surface area contributed by atoms with Crippen molar-refractivity contribution >= 4 is 23.8 Å². The molecule has 0 saturated carbocycles. The molecule has 0 aromatic heterocycles. The normalized spacial score (nSPS) is 18.8. The van der Waals surface area contributed by atoms with Gasteiger partial charge >= 0.3 is 0 Å². The van der Waals surface area contributed by atoms with E-state index in [2.05, 4.69) is 77.1 Å². The molecule has 140 valence electrons. The largest absolute Gasteiger partial charge is 0.369 e. The van der Waals surface area contributed by atoms with Crippen molar-refractivity contribution in [3.63, 3.8) is 0 Å². The number of piperazine rings is 1. The first-order valence-corrected chi connectivity index (χ1v) is 9.62. The summed E-state index contributed by atoms with van der Waals surface area (Å²) in [5.41, 5.74) is 5.68. The van der Waals surface area contributed by atoms with Crippen LogP contribution in [0.4, 0.5) is 11.4 Å². The average Bonchev–Trinajstić information content (AvgIpc) is 2.67. The summed E-state index contributed by atoms with van der Waals surface area (Å²) >= 11 is 0. The summed E-state index contributed by atoms with van der Waals surface area (Å²) in [6, 6.07) is 17.8. The molecule has 0 bridgehead atoms. The smallest absolute Gasteiger partial charge is 0.0793 e. The lowest BCUT2D eigenvalue weighted by Crippen LogP contribution is -2.56. The molecule has 0 aliphatic carbocycles. The number of fused-ring (bicyclic) bond motifs is 1. The average molecular weight is 372 g/mol. The van der Waals surface area contributed by atoms with Crippen LogP contribution in [0.15, 0.2) is 48.5 Å². The van der Waals surface area contributed by atoms with E-state index in [0.29, 0.717) is 6.17 Å². The third-order valence-corrected chi connectivity index (χ3v) is 5.81. The molecule has 2 aliphatic rings. The lowest BCUT2D eigenvalue weighted by atomic mass is 10.0. The van der Waals surface area contributed by atoms with E-state index >= 15 is 0 Å². The van der Waals surface area contributed by atoms with Crippen LogP contribution in [0.2, 0.25) is 0 Å². The molecule has 2 aliphatic heterocycles. The predicted octanol–water partition coefficient (Wildman–Crippen LogP) is 4.34. The Kier molecular flexibility index (Phi) is 6.10. The topological polar surface area (TPSA) is 9.72 Å². The van der Waals surface area contributed by atoms with E-state index in [0.717, 1.165) is 26.2 Å². The molecule has 0 amide bonds. The van der Waals surface area contributed by atoms with Gasteiger partial charge in [0.15, 0.2) is 0 Å². The van der Waals surface area contributed by atoms with Crippen LogP contribution in [0.3, 0.4) is 0 Å². The van der Waals surface area contributed by atoms with E-state index in [1.54, 1.807) is 0 Å². The van der Waals surface area contributed by atoms with E-state index in [4.69, 9.17) is 0 Å². The summed E-state index contributed by atoms with van der Waals surface area (Å²) in [4.78, 5) is 7.79. The van der Waals surface area contributed by atoms with E-state index in [9.17, 15) is 0 Å². The van der Waals surface area contributed by atoms with E-state index in [1.165, 1.54) is 41.9 Å². The van der Waals surface area contributed by atoms with Crippen molar-refractivity contribution in [3.05, 3.63) is 59.7 Å². The second-order valence-corrected chi connectivity index (χ2v) is 7.42. The van der Waals surface area contributed by atoms with Gasteiger partial charge in [-0.05, 0) is 56.0 Å². The van der Waals surface area contributed by atoms with Gasteiger partial charge in [0, 0.05) is 44.1 Å².